The highest BCUT2D eigenvalue weighted by molar-refractivity contribution is 9.09. The van der Waals surface area contributed by atoms with Gasteiger partial charge in [0, 0.05) is 11.2 Å². The Bertz CT molecular complexity index is 72.1. The Morgan fingerprint density at radius 3 is 2.43 bits per heavy atom. The van der Waals surface area contributed by atoms with Gasteiger partial charge in [0.25, 0.3) is 0 Å². The van der Waals surface area contributed by atoms with Crippen LogP contribution in [0.15, 0.2) is 0 Å². The first-order chi connectivity index (χ1) is 3.13. The van der Waals surface area contributed by atoms with E-state index in [4.69, 9.17) is 5.73 Å². The summed E-state index contributed by atoms with van der Waals surface area (Å²) >= 11 is 7.93. The molecule has 0 amide bonds. The van der Waals surface area contributed by atoms with E-state index in [9.17, 15) is 0 Å². The van der Waals surface area contributed by atoms with Crippen LogP contribution >= 0.6 is 28.1 Å². The van der Waals surface area contributed by atoms with Gasteiger partial charge in [0.1, 0.15) is 0 Å². The third-order valence-corrected chi connectivity index (χ3v) is 0.973. The second-order valence-corrected chi connectivity index (χ2v) is 3.54. The molecule has 3 heteroatoms. The minimum Gasteiger partial charge on any atom is -0.393 e. The van der Waals surface area contributed by atoms with Crippen LogP contribution in [0.4, 0.5) is 0 Å². The van der Waals surface area contributed by atoms with E-state index >= 15 is 0 Å². The second-order valence-electron chi connectivity index (χ2n) is 1.45. The fourth-order valence-electron chi connectivity index (χ4n) is 0.277. The van der Waals surface area contributed by atoms with E-state index in [0.29, 0.717) is 9.82 Å². The molecule has 0 bridgehead atoms. The zero-order chi connectivity index (χ0) is 5.86. The summed E-state index contributed by atoms with van der Waals surface area (Å²) in [5, 5.41) is 0. The topological polar surface area (TPSA) is 26.0 Å². The summed E-state index contributed by atoms with van der Waals surface area (Å²) in [5.74, 6) is 0. The predicted molar refractivity (Wildman–Crippen MR) is 39.8 cm³/mol. The molecule has 0 saturated heterocycles. The Morgan fingerprint density at radius 2 is 2.43 bits per heavy atom. The van der Waals surface area contributed by atoms with Gasteiger partial charge in [0.15, 0.2) is 0 Å². The van der Waals surface area contributed by atoms with E-state index in [0.717, 1.165) is 6.42 Å². The van der Waals surface area contributed by atoms with E-state index in [1.54, 1.807) is 0 Å². The third kappa shape index (κ3) is 6.37. The van der Waals surface area contributed by atoms with Gasteiger partial charge in [0.05, 0.1) is 4.99 Å². The lowest BCUT2D eigenvalue weighted by Gasteiger charge is -1.96. The van der Waals surface area contributed by atoms with Crippen LogP contribution < -0.4 is 5.73 Å². The Morgan fingerprint density at radius 1 is 2.00 bits per heavy atom. The van der Waals surface area contributed by atoms with Crippen molar-refractivity contribution < 1.29 is 0 Å². The van der Waals surface area contributed by atoms with Crippen LogP contribution in [0.1, 0.15) is 13.3 Å². The SMILES string of the molecule is C[C@@H](Br)CC(N)=S. The predicted octanol–water partition coefficient (Wildman–Crippen LogP) is 1.45. The quantitative estimate of drug-likeness (QED) is 0.516. The minimum atomic E-state index is 0.421. The number of nitrogens with two attached hydrogens (primary N) is 1. The van der Waals surface area contributed by atoms with Crippen LogP contribution in [0.3, 0.4) is 0 Å². The summed E-state index contributed by atoms with van der Waals surface area (Å²) in [6, 6.07) is 0. The molecule has 0 saturated carbocycles. The highest BCUT2D eigenvalue weighted by atomic mass is 79.9. The molecule has 0 aliphatic rings. The van der Waals surface area contributed by atoms with E-state index in [2.05, 4.69) is 28.1 Å². The van der Waals surface area contributed by atoms with Crippen molar-refractivity contribution in [1.29, 1.82) is 0 Å². The second kappa shape index (κ2) is 3.38. The number of rotatable bonds is 2. The smallest absolute Gasteiger partial charge is 0.0738 e. The molecule has 0 radical (unpaired) electrons. The molecule has 2 N–H and O–H groups in total. The first-order valence-corrected chi connectivity index (χ1v) is 3.37. The summed E-state index contributed by atoms with van der Waals surface area (Å²) in [6.07, 6.45) is 0.787. The molecule has 7 heavy (non-hydrogen) atoms. The van der Waals surface area contributed by atoms with Gasteiger partial charge in [-0.2, -0.15) is 0 Å². The molecule has 0 heterocycles. The fourth-order valence-corrected chi connectivity index (χ4v) is 1.09. The average Bonchev–Trinajstić information content (AvgIpc) is 1.27. The third-order valence-electron chi connectivity index (χ3n) is 0.482. The number of thiocarbonyl (C=S) groups is 1. The molecule has 1 nitrogen and oxygen atoms in total. The zero-order valence-electron chi connectivity index (χ0n) is 4.15. The lowest BCUT2D eigenvalue weighted by atomic mass is 10.3. The van der Waals surface area contributed by atoms with Crippen molar-refractivity contribution in [1.82, 2.24) is 0 Å². The van der Waals surface area contributed by atoms with Gasteiger partial charge >= 0.3 is 0 Å². The summed E-state index contributed by atoms with van der Waals surface area (Å²) in [6.45, 7) is 2.01. The monoisotopic (exact) mass is 181 g/mol. The standard InChI is InChI=1S/C4H8BrNS/c1-3(5)2-4(6)7/h3H,2H2,1H3,(H2,6,7)/t3-/m1/s1. The van der Waals surface area contributed by atoms with Gasteiger partial charge in [-0.25, -0.2) is 0 Å². The van der Waals surface area contributed by atoms with Crippen LogP contribution in [-0.2, 0) is 0 Å². The Labute approximate surface area is 57.4 Å². The van der Waals surface area contributed by atoms with Gasteiger partial charge in [-0.1, -0.05) is 35.1 Å². The van der Waals surface area contributed by atoms with E-state index in [1.165, 1.54) is 0 Å². The van der Waals surface area contributed by atoms with Crippen LogP contribution in [0, 0.1) is 0 Å². The van der Waals surface area contributed by atoms with Gasteiger partial charge in [-0.3, -0.25) is 0 Å². The summed E-state index contributed by atoms with van der Waals surface area (Å²) in [4.78, 5) is 0.995. The van der Waals surface area contributed by atoms with Crippen molar-refractivity contribution in [2.75, 3.05) is 0 Å². The lowest BCUT2D eigenvalue weighted by Crippen LogP contribution is -2.11. The molecule has 0 unspecified atom stereocenters. The summed E-state index contributed by atoms with van der Waals surface area (Å²) in [5.41, 5.74) is 5.19. The number of alkyl halides is 1. The Hall–Kier alpha value is 0.370. The molecule has 0 fully saturated rings. The molecule has 0 aliphatic carbocycles. The maximum atomic E-state index is 5.19. The van der Waals surface area contributed by atoms with Crippen molar-refractivity contribution in [3.63, 3.8) is 0 Å². The Kier molecular flexibility index (Phi) is 3.56. The lowest BCUT2D eigenvalue weighted by molar-refractivity contribution is 1.04. The van der Waals surface area contributed by atoms with E-state index in [-0.39, 0.29) is 0 Å². The maximum Gasteiger partial charge on any atom is 0.0738 e. The molecule has 0 spiro atoms. The van der Waals surface area contributed by atoms with Gasteiger partial charge < -0.3 is 5.73 Å². The summed E-state index contributed by atoms with van der Waals surface area (Å²) < 4.78 is 0. The van der Waals surface area contributed by atoms with E-state index < -0.39 is 0 Å². The van der Waals surface area contributed by atoms with Crippen molar-refractivity contribution in [2.24, 2.45) is 5.73 Å². The average molecular weight is 182 g/mol. The molecule has 0 aromatic rings. The van der Waals surface area contributed by atoms with Crippen LogP contribution in [0.25, 0.3) is 0 Å². The fraction of sp³-hybridized carbons (Fsp3) is 0.750. The van der Waals surface area contributed by atoms with Crippen molar-refractivity contribution in [3.05, 3.63) is 0 Å². The minimum absolute atomic E-state index is 0.421. The van der Waals surface area contributed by atoms with Crippen molar-refractivity contribution >= 4 is 33.1 Å². The largest absolute Gasteiger partial charge is 0.393 e. The molecule has 0 aliphatic heterocycles. The highest BCUT2D eigenvalue weighted by Gasteiger charge is 1.94. The van der Waals surface area contributed by atoms with E-state index in [1.807, 2.05) is 6.92 Å². The zero-order valence-corrected chi connectivity index (χ0v) is 6.55. The summed E-state index contributed by atoms with van der Waals surface area (Å²) in [7, 11) is 0. The molecule has 42 valence electrons. The molecule has 0 rings (SSSR count). The van der Waals surface area contributed by atoms with Crippen LogP contribution in [0.5, 0.6) is 0 Å². The molecular formula is C4H8BrNS. The number of halogens is 1. The van der Waals surface area contributed by atoms with Crippen molar-refractivity contribution in [3.8, 4) is 0 Å². The number of hydrogen-bond donors (Lipinski definition) is 1. The van der Waals surface area contributed by atoms with Gasteiger partial charge in [-0.15, -0.1) is 0 Å². The maximum absolute atomic E-state index is 5.19. The van der Waals surface area contributed by atoms with Crippen LogP contribution in [-0.4, -0.2) is 9.82 Å². The highest BCUT2D eigenvalue weighted by Crippen LogP contribution is 2.01. The molecule has 0 aromatic carbocycles. The first kappa shape index (κ1) is 7.37. The van der Waals surface area contributed by atoms with Crippen LogP contribution in [0.2, 0.25) is 0 Å². The number of hydrogen-bond acceptors (Lipinski definition) is 1. The van der Waals surface area contributed by atoms with Crippen molar-refractivity contribution in [2.45, 2.75) is 18.2 Å². The molecule has 1 atom stereocenters. The Balaban J connectivity index is 3.13. The van der Waals surface area contributed by atoms with Gasteiger partial charge in [0.2, 0.25) is 0 Å². The molecular weight excluding hydrogens is 174 g/mol. The molecule has 0 aromatic heterocycles. The normalized spacial score (nSPS) is 13.4. The first-order valence-electron chi connectivity index (χ1n) is 2.05. The van der Waals surface area contributed by atoms with Gasteiger partial charge in [-0.05, 0) is 0 Å².